The lowest BCUT2D eigenvalue weighted by Crippen LogP contribution is -2.13. The second-order valence-corrected chi connectivity index (χ2v) is 15.6. The topological polar surface area (TPSA) is 50.5 Å². The van der Waals surface area contributed by atoms with Crippen molar-refractivity contribution >= 4 is 90.8 Å². The van der Waals surface area contributed by atoms with E-state index in [1.165, 1.54) is 73.2 Å². The highest BCUT2D eigenvalue weighted by Crippen LogP contribution is 2.58. The lowest BCUT2D eigenvalue weighted by atomic mass is 9.84. The van der Waals surface area contributed by atoms with Gasteiger partial charge >= 0.3 is 0 Å². The zero-order chi connectivity index (χ0) is 25.1. The minimum absolute atomic E-state index is 0.0527. The normalized spacial score (nSPS) is 14.8. The predicted octanol–water partition coefficient (Wildman–Crippen LogP) is 10.6. The van der Waals surface area contributed by atoms with E-state index in [1.54, 1.807) is 11.3 Å². The number of hydrogen-bond acceptors (Lipinski definition) is 9. The van der Waals surface area contributed by atoms with Crippen LogP contribution in [0.3, 0.4) is 0 Å². The van der Waals surface area contributed by atoms with Crippen molar-refractivity contribution in [2.75, 3.05) is 0 Å². The first-order chi connectivity index (χ1) is 17.9. The largest absolute Gasteiger partial charge is 0.172 e. The summed E-state index contributed by atoms with van der Waals surface area (Å²) in [5.41, 5.74) is 8.80. The molecule has 4 nitrogen and oxygen atoms in total. The van der Waals surface area contributed by atoms with E-state index in [0.29, 0.717) is 0 Å². The minimum atomic E-state index is 0.0527. The summed E-state index contributed by atoms with van der Waals surface area (Å²) >= 11 is 9.96. The van der Waals surface area contributed by atoms with Crippen molar-refractivity contribution in [3.05, 3.63) is 57.3 Å². The maximum atomic E-state index is 4.77. The number of aromatic nitrogens is 2. The Balaban J connectivity index is 1.28. The third-order valence-electron chi connectivity index (χ3n) is 7.15. The number of benzene rings is 1. The molecule has 5 aromatic heterocycles. The van der Waals surface area contributed by atoms with Crippen LogP contribution in [-0.2, 0) is 16.8 Å². The molecule has 0 bridgehead atoms. The SMILES string of the molecule is Cc1ccc(-c2c3c(c(-c4ccc(-c5cc6c(s5)-c5sc(C)cc5C6(C)C)s4)c4nsnc24)N=S=N3)s1. The number of hydrogen-bond donors (Lipinski definition) is 0. The number of thiophene rings is 4. The Morgan fingerprint density at radius 2 is 1.24 bits per heavy atom. The maximum absolute atomic E-state index is 4.77. The van der Waals surface area contributed by atoms with Gasteiger partial charge in [-0.1, -0.05) is 13.8 Å². The predicted molar refractivity (Wildman–Crippen MR) is 164 cm³/mol. The smallest absolute Gasteiger partial charge is 0.116 e. The molecule has 10 heteroatoms. The molecule has 2 aliphatic rings. The zero-order valence-electron chi connectivity index (χ0n) is 20.2. The summed E-state index contributed by atoms with van der Waals surface area (Å²) in [5, 5.41) is 0. The molecule has 0 atom stereocenters. The summed E-state index contributed by atoms with van der Waals surface area (Å²) in [5.74, 6) is 0. The van der Waals surface area contributed by atoms with Crippen molar-refractivity contribution in [3.63, 3.8) is 0 Å². The highest BCUT2D eigenvalue weighted by molar-refractivity contribution is 7.58. The molecule has 0 radical (unpaired) electrons. The molecule has 0 fully saturated rings. The molecule has 0 saturated heterocycles. The first-order valence-electron chi connectivity index (χ1n) is 11.7. The van der Waals surface area contributed by atoms with Crippen LogP contribution in [0.15, 0.2) is 45.1 Å². The number of fused-ring (bicyclic) bond motifs is 5. The van der Waals surface area contributed by atoms with E-state index in [-0.39, 0.29) is 5.41 Å². The summed E-state index contributed by atoms with van der Waals surface area (Å²) in [7, 11) is 0. The molecule has 0 amide bonds. The molecule has 1 aliphatic heterocycles. The van der Waals surface area contributed by atoms with Gasteiger partial charge in [0, 0.05) is 55.6 Å². The van der Waals surface area contributed by atoms with Gasteiger partial charge in [-0.2, -0.15) is 17.5 Å². The van der Waals surface area contributed by atoms with Crippen LogP contribution in [0.2, 0.25) is 0 Å². The van der Waals surface area contributed by atoms with Crippen molar-refractivity contribution in [2.45, 2.75) is 33.1 Å². The van der Waals surface area contributed by atoms with Crippen LogP contribution < -0.4 is 0 Å². The lowest BCUT2D eigenvalue weighted by Gasteiger charge is -2.18. The number of nitrogens with zero attached hydrogens (tertiary/aromatic N) is 4. The Hall–Kier alpha value is -2.34. The highest BCUT2D eigenvalue weighted by Gasteiger charge is 2.39. The van der Waals surface area contributed by atoms with Crippen molar-refractivity contribution in [1.82, 2.24) is 8.75 Å². The van der Waals surface area contributed by atoms with Crippen LogP contribution >= 0.6 is 57.1 Å². The third kappa shape index (κ3) is 3.14. The van der Waals surface area contributed by atoms with Crippen LogP contribution in [-0.4, -0.2) is 8.75 Å². The van der Waals surface area contributed by atoms with E-state index < -0.39 is 0 Å². The second-order valence-electron chi connectivity index (χ2n) is 9.83. The minimum Gasteiger partial charge on any atom is -0.172 e. The zero-order valence-corrected chi connectivity index (χ0v) is 25.1. The van der Waals surface area contributed by atoms with Gasteiger partial charge in [-0.05, 0) is 61.4 Å². The van der Waals surface area contributed by atoms with Gasteiger partial charge in [0.15, 0.2) is 0 Å². The van der Waals surface area contributed by atoms with E-state index in [4.69, 9.17) is 17.5 Å². The van der Waals surface area contributed by atoms with Crippen molar-refractivity contribution in [2.24, 2.45) is 8.73 Å². The Bertz CT molecular complexity index is 1990. The molecule has 0 spiro atoms. The first kappa shape index (κ1) is 22.6. The fourth-order valence-electron chi connectivity index (χ4n) is 5.34. The summed E-state index contributed by atoms with van der Waals surface area (Å²) in [6.45, 7) is 9.06. The van der Waals surface area contributed by atoms with Crippen LogP contribution in [0.1, 0.15) is 34.7 Å². The Labute approximate surface area is 237 Å². The molecule has 1 aliphatic carbocycles. The van der Waals surface area contributed by atoms with Crippen LogP contribution in [0.5, 0.6) is 0 Å². The van der Waals surface area contributed by atoms with E-state index in [2.05, 4.69) is 64.1 Å². The van der Waals surface area contributed by atoms with Crippen LogP contribution in [0, 0.1) is 13.8 Å². The Morgan fingerprint density at radius 3 is 1.95 bits per heavy atom. The summed E-state index contributed by atoms with van der Waals surface area (Å²) in [6.07, 6.45) is 0. The van der Waals surface area contributed by atoms with Gasteiger partial charge in [0.2, 0.25) is 0 Å². The van der Waals surface area contributed by atoms with Gasteiger partial charge in [-0.15, -0.1) is 45.3 Å². The molecule has 182 valence electrons. The average molecular weight is 591 g/mol. The summed E-state index contributed by atoms with van der Waals surface area (Å²) in [6, 6.07) is 13.6. The quantitative estimate of drug-likeness (QED) is 0.205. The van der Waals surface area contributed by atoms with Gasteiger partial charge in [0.05, 0.1) is 23.1 Å². The van der Waals surface area contributed by atoms with Crippen LogP contribution in [0.4, 0.5) is 11.4 Å². The summed E-state index contributed by atoms with van der Waals surface area (Å²) < 4.78 is 19.0. The second kappa shape index (κ2) is 7.84. The fourth-order valence-corrected chi connectivity index (χ4v) is 11.2. The third-order valence-corrected chi connectivity index (χ3v) is 12.9. The molecule has 0 saturated carbocycles. The summed E-state index contributed by atoms with van der Waals surface area (Å²) in [4.78, 5) is 10.5. The molecule has 6 heterocycles. The highest BCUT2D eigenvalue weighted by atomic mass is 32.1. The average Bonchev–Trinajstić information content (AvgIpc) is 3.68. The van der Waals surface area contributed by atoms with E-state index in [9.17, 15) is 0 Å². The van der Waals surface area contributed by atoms with Crippen molar-refractivity contribution in [1.29, 1.82) is 0 Å². The first-order valence-corrected chi connectivity index (χ1v) is 16.5. The monoisotopic (exact) mass is 590 g/mol. The standard InChI is InChI=1S/C27H18N4S6/c1-11-5-6-16(32-11)19-21-23(30-36-28-21)20(24-22(19)29-37-31-24)17-8-7-15(34-17)18-10-14-26(35-18)25-13(27(14,3)4)9-12(2)33-25/h5-10H,1-4H3. The Kier molecular flexibility index (Phi) is 4.80. The maximum Gasteiger partial charge on any atom is 0.116 e. The molecule has 1 aromatic carbocycles. The molecular formula is C27H18N4S6. The molecule has 6 aromatic rings. The fraction of sp³-hybridized carbons (Fsp3) is 0.185. The molecular weight excluding hydrogens is 573 g/mol. The van der Waals surface area contributed by atoms with E-state index >= 15 is 0 Å². The van der Waals surface area contributed by atoms with Crippen LogP contribution in [0.25, 0.3) is 51.4 Å². The van der Waals surface area contributed by atoms with Gasteiger partial charge < -0.3 is 0 Å². The van der Waals surface area contributed by atoms with Crippen molar-refractivity contribution in [3.8, 4) is 40.4 Å². The molecule has 37 heavy (non-hydrogen) atoms. The van der Waals surface area contributed by atoms with Gasteiger partial charge in [0.1, 0.15) is 22.4 Å². The van der Waals surface area contributed by atoms with E-state index in [0.717, 1.165) is 33.5 Å². The molecule has 0 N–H and O–H groups in total. The van der Waals surface area contributed by atoms with Gasteiger partial charge in [-0.25, -0.2) is 0 Å². The van der Waals surface area contributed by atoms with Crippen molar-refractivity contribution < 1.29 is 0 Å². The van der Waals surface area contributed by atoms with E-state index in [1.807, 2.05) is 34.0 Å². The molecule has 0 unspecified atom stereocenters. The number of rotatable bonds is 3. The lowest BCUT2D eigenvalue weighted by molar-refractivity contribution is 0.663. The van der Waals surface area contributed by atoms with Gasteiger partial charge in [-0.3, -0.25) is 0 Å². The van der Waals surface area contributed by atoms with Gasteiger partial charge in [0.25, 0.3) is 0 Å². The molecule has 8 rings (SSSR count). The Morgan fingerprint density at radius 1 is 0.622 bits per heavy atom. The number of aryl methyl sites for hydroxylation is 2.